The first-order valence-corrected chi connectivity index (χ1v) is 13.1. The fraction of sp³-hybridized carbons (Fsp3) is 0.621. The van der Waals surface area contributed by atoms with Crippen molar-refractivity contribution in [2.75, 3.05) is 31.1 Å². The van der Waals surface area contributed by atoms with E-state index in [9.17, 15) is 9.59 Å². The maximum absolute atomic E-state index is 13.3. The molecule has 1 fully saturated rings. The van der Waals surface area contributed by atoms with Crippen molar-refractivity contribution in [3.05, 3.63) is 41.1 Å². The van der Waals surface area contributed by atoms with E-state index in [-0.39, 0.29) is 17.6 Å². The lowest BCUT2D eigenvalue weighted by Gasteiger charge is -2.37. The fourth-order valence-corrected chi connectivity index (χ4v) is 5.15. The van der Waals surface area contributed by atoms with E-state index in [1.165, 1.54) is 30.9 Å². The topological polar surface area (TPSA) is 72.0 Å². The van der Waals surface area contributed by atoms with Gasteiger partial charge >= 0.3 is 12.1 Å². The molecule has 1 aromatic heterocycles. The number of hydrogen-bond acceptors (Lipinski definition) is 6. The summed E-state index contributed by atoms with van der Waals surface area (Å²) < 4.78 is 10.7. The number of likely N-dealkylation sites (tertiary alicyclic amines) is 1. The van der Waals surface area contributed by atoms with Crippen LogP contribution in [0.15, 0.2) is 35.6 Å². The maximum Gasteiger partial charge on any atom is 0.416 e. The molecule has 2 heterocycles. The standard InChI is InChI=1S/C29H43N3O4/c1-8-35-26(33)14-12-22-11-13-25(30-18-22)32(27(34)36-28(3,4)5)23-15-17-31(19-23)20-24-21(2)10-9-16-29(24,6)7/h11-14,18,23H,8-10,15-17,19-20H2,1-7H3/b14-12+/t23-/m1/s1. The second kappa shape index (κ2) is 11.6. The highest BCUT2D eigenvalue weighted by molar-refractivity contribution is 5.88. The SMILES string of the molecule is CCOC(=O)/C=C/c1ccc(N(C(=O)OC(C)(C)C)[C@@H]2CCN(CC3=C(C)CCCC3(C)C)C2)nc1. The first kappa shape index (κ1) is 27.9. The van der Waals surface area contributed by atoms with Crippen molar-refractivity contribution in [3.63, 3.8) is 0 Å². The average Bonchev–Trinajstić information content (AvgIpc) is 3.23. The zero-order valence-corrected chi connectivity index (χ0v) is 23.1. The van der Waals surface area contributed by atoms with Crippen molar-refractivity contribution in [2.24, 2.45) is 5.41 Å². The van der Waals surface area contributed by atoms with Crippen LogP contribution in [0, 0.1) is 5.41 Å². The van der Waals surface area contributed by atoms with E-state index in [0.29, 0.717) is 12.4 Å². The van der Waals surface area contributed by atoms with Gasteiger partial charge in [-0.1, -0.05) is 25.0 Å². The molecule has 0 spiro atoms. The van der Waals surface area contributed by atoms with E-state index in [4.69, 9.17) is 9.47 Å². The molecular weight excluding hydrogens is 454 g/mol. The summed E-state index contributed by atoms with van der Waals surface area (Å²) in [5.74, 6) is 0.160. The molecule has 1 amide bonds. The van der Waals surface area contributed by atoms with Crippen LogP contribution in [-0.4, -0.2) is 59.8 Å². The number of rotatable bonds is 7. The smallest absolute Gasteiger partial charge is 0.416 e. The van der Waals surface area contributed by atoms with Crippen LogP contribution in [0.5, 0.6) is 0 Å². The molecule has 1 aliphatic heterocycles. The molecule has 2 aliphatic rings. The maximum atomic E-state index is 13.3. The predicted octanol–water partition coefficient (Wildman–Crippen LogP) is 6.00. The first-order chi connectivity index (χ1) is 16.9. The van der Waals surface area contributed by atoms with Gasteiger partial charge in [0.25, 0.3) is 0 Å². The average molecular weight is 498 g/mol. The van der Waals surface area contributed by atoms with Gasteiger partial charge in [0.2, 0.25) is 0 Å². The minimum absolute atomic E-state index is 0.0270. The van der Waals surface area contributed by atoms with Gasteiger partial charge in [-0.05, 0) is 89.5 Å². The van der Waals surface area contributed by atoms with Gasteiger partial charge in [-0.3, -0.25) is 9.80 Å². The summed E-state index contributed by atoms with van der Waals surface area (Å²) >= 11 is 0. The van der Waals surface area contributed by atoms with Gasteiger partial charge in [-0.15, -0.1) is 0 Å². The molecule has 36 heavy (non-hydrogen) atoms. The van der Waals surface area contributed by atoms with Crippen LogP contribution in [0.25, 0.3) is 6.08 Å². The number of pyridine rings is 1. The lowest BCUT2D eigenvalue weighted by Crippen LogP contribution is -2.45. The Morgan fingerprint density at radius 3 is 2.64 bits per heavy atom. The molecule has 198 valence electrons. The number of carbonyl (C=O) groups excluding carboxylic acids is 2. The van der Waals surface area contributed by atoms with E-state index in [1.807, 2.05) is 32.9 Å². The second-order valence-electron chi connectivity index (χ2n) is 11.6. The van der Waals surface area contributed by atoms with Crippen LogP contribution in [-0.2, 0) is 14.3 Å². The quantitative estimate of drug-likeness (QED) is 0.261. The molecule has 1 saturated heterocycles. The van der Waals surface area contributed by atoms with Gasteiger partial charge in [0.15, 0.2) is 0 Å². The third kappa shape index (κ3) is 7.42. The molecular formula is C29H43N3O4. The van der Waals surface area contributed by atoms with Gasteiger partial charge in [0.05, 0.1) is 12.6 Å². The number of esters is 1. The Hall–Kier alpha value is -2.67. The largest absolute Gasteiger partial charge is 0.463 e. The zero-order valence-electron chi connectivity index (χ0n) is 23.1. The van der Waals surface area contributed by atoms with Crippen LogP contribution in [0.3, 0.4) is 0 Å². The molecule has 1 aromatic rings. The minimum Gasteiger partial charge on any atom is -0.463 e. The third-order valence-corrected chi connectivity index (χ3v) is 6.99. The number of hydrogen-bond donors (Lipinski definition) is 0. The van der Waals surface area contributed by atoms with Crippen molar-refractivity contribution in [2.45, 2.75) is 85.8 Å². The molecule has 7 heteroatoms. The summed E-state index contributed by atoms with van der Waals surface area (Å²) in [5.41, 5.74) is 3.44. The Bertz CT molecular complexity index is 989. The van der Waals surface area contributed by atoms with Crippen LogP contribution in [0.1, 0.15) is 79.7 Å². The van der Waals surface area contributed by atoms with Crippen molar-refractivity contribution in [1.29, 1.82) is 0 Å². The third-order valence-electron chi connectivity index (χ3n) is 6.99. The fourth-order valence-electron chi connectivity index (χ4n) is 5.15. The summed E-state index contributed by atoms with van der Waals surface area (Å²) in [4.78, 5) is 33.7. The Morgan fingerprint density at radius 1 is 1.28 bits per heavy atom. The van der Waals surface area contributed by atoms with E-state index in [0.717, 1.165) is 31.6 Å². The van der Waals surface area contributed by atoms with Crippen molar-refractivity contribution in [3.8, 4) is 0 Å². The summed E-state index contributed by atoms with van der Waals surface area (Å²) in [6, 6.07) is 3.63. The number of anilines is 1. The normalized spacial score (nSPS) is 20.6. The number of ether oxygens (including phenoxy) is 2. The molecule has 0 bridgehead atoms. The summed E-state index contributed by atoms with van der Waals surface area (Å²) in [7, 11) is 0. The molecule has 1 aliphatic carbocycles. The minimum atomic E-state index is -0.607. The number of aromatic nitrogens is 1. The molecule has 1 atom stereocenters. The lowest BCUT2D eigenvalue weighted by atomic mass is 9.72. The molecule has 7 nitrogen and oxygen atoms in total. The highest BCUT2D eigenvalue weighted by Crippen LogP contribution is 2.41. The van der Waals surface area contributed by atoms with Crippen LogP contribution < -0.4 is 4.90 Å². The number of amides is 1. The first-order valence-electron chi connectivity index (χ1n) is 13.1. The highest BCUT2D eigenvalue weighted by Gasteiger charge is 2.37. The molecule has 0 saturated carbocycles. The monoisotopic (exact) mass is 497 g/mol. The van der Waals surface area contributed by atoms with Crippen LogP contribution in [0.4, 0.5) is 10.6 Å². The lowest BCUT2D eigenvalue weighted by molar-refractivity contribution is -0.137. The second-order valence-corrected chi connectivity index (χ2v) is 11.6. The van der Waals surface area contributed by atoms with Gasteiger partial charge in [-0.2, -0.15) is 0 Å². The highest BCUT2D eigenvalue weighted by atomic mass is 16.6. The summed E-state index contributed by atoms with van der Waals surface area (Å²) in [5, 5.41) is 0. The molecule has 0 radical (unpaired) electrons. The summed E-state index contributed by atoms with van der Waals surface area (Å²) in [6.45, 7) is 17.4. The van der Waals surface area contributed by atoms with Crippen molar-refractivity contribution >= 4 is 24.0 Å². The van der Waals surface area contributed by atoms with Crippen molar-refractivity contribution in [1.82, 2.24) is 9.88 Å². The van der Waals surface area contributed by atoms with Crippen molar-refractivity contribution < 1.29 is 19.1 Å². The Balaban J connectivity index is 1.78. The van der Waals surface area contributed by atoms with Gasteiger partial charge in [0.1, 0.15) is 11.4 Å². The van der Waals surface area contributed by atoms with Gasteiger partial charge < -0.3 is 9.47 Å². The van der Waals surface area contributed by atoms with E-state index in [2.05, 4.69) is 30.7 Å². The summed E-state index contributed by atoms with van der Waals surface area (Å²) in [6.07, 6.45) is 8.84. The van der Waals surface area contributed by atoms with E-state index >= 15 is 0 Å². The number of allylic oxidation sites excluding steroid dienone is 1. The molecule has 0 aromatic carbocycles. The zero-order chi connectivity index (χ0) is 26.5. The molecule has 0 unspecified atom stereocenters. The number of nitrogens with zero attached hydrogens (tertiary/aromatic N) is 3. The Morgan fingerprint density at radius 2 is 2.03 bits per heavy atom. The van der Waals surface area contributed by atoms with Crippen LogP contribution >= 0.6 is 0 Å². The predicted molar refractivity (Wildman–Crippen MR) is 144 cm³/mol. The number of carbonyl (C=O) groups is 2. The van der Waals surface area contributed by atoms with E-state index in [1.54, 1.807) is 29.7 Å². The van der Waals surface area contributed by atoms with Gasteiger partial charge in [-0.25, -0.2) is 14.6 Å². The Labute approximate surface area is 216 Å². The van der Waals surface area contributed by atoms with Crippen LogP contribution in [0.2, 0.25) is 0 Å². The molecule has 0 N–H and O–H groups in total. The molecule has 3 rings (SSSR count). The van der Waals surface area contributed by atoms with Gasteiger partial charge in [0, 0.05) is 31.9 Å². The van der Waals surface area contributed by atoms with E-state index < -0.39 is 11.6 Å². The Kier molecular flexibility index (Phi) is 8.98.